The molecule has 0 spiro atoms. The van der Waals surface area contributed by atoms with Crippen LogP contribution in [0.5, 0.6) is 5.75 Å². The van der Waals surface area contributed by atoms with Gasteiger partial charge in [0.2, 0.25) is 0 Å². The lowest BCUT2D eigenvalue weighted by molar-refractivity contribution is -0.136. The lowest BCUT2D eigenvalue weighted by atomic mass is 10.1. The Balaban J connectivity index is 2.05. The third kappa shape index (κ3) is 8.75. The fourth-order valence-electron chi connectivity index (χ4n) is 2.10. The molecule has 1 rings (SSSR count). The van der Waals surface area contributed by atoms with Crippen molar-refractivity contribution in [1.29, 1.82) is 0 Å². The molecule has 0 aliphatic carbocycles. The first-order valence-corrected chi connectivity index (χ1v) is 7.59. The topological polar surface area (TPSA) is 46.5 Å². The summed E-state index contributed by atoms with van der Waals surface area (Å²) in [4.78, 5) is 10.6. The van der Waals surface area contributed by atoms with E-state index in [0.717, 1.165) is 30.6 Å². The van der Waals surface area contributed by atoms with Crippen LogP contribution in [0.3, 0.4) is 0 Å². The standard InChI is InChI=1S/C18H24O3/c1-2-3-4-5-6-7-8-9-14-21-17-12-10-16(11-13-17)15-18(19)20/h1,10-13H,3-9,14-15H2,(H,19,20). The summed E-state index contributed by atoms with van der Waals surface area (Å²) in [6.45, 7) is 0.711. The number of hydrogen-bond donors (Lipinski definition) is 1. The first-order valence-electron chi connectivity index (χ1n) is 7.59. The van der Waals surface area contributed by atoms with Crippen LogP contribution < -0.4 is 4.74 Å². The third-order valence-electron chi connectivity index (χ3n) is 3.26. The molecule has 0 unspecified atom stereocenters. The number of carbonyl (C=O) groups is 1. The van der Waals surface area contributed by atoms with E-state index < -0.39 is 5.97 Å². The highest BCUT2D eigenvalue weighted by molar-refractivity contribution is 5.70. The lowest BCUT2D eigenvalue weighted by Gasteiger charge is -2.06. The number of carboxylic acid groups (broad SMARTS) is 1. The van der Waals surface area contributed by atoms with E-state index in [2.05, 4.69) is 5.92 Å². The predicted molar refractivity (Wildman–Crippen MR) is 84.4 cm³/mol. The summed E-state index contributed by atoms with van der Waals surface area (Å²) in [7, 11) is 0. The summed E-state index contributed by atoms with van der Waals surface area (Å²) in [6, 6.07) is 7.26. The number of unbranched alkanes of at least 4 members (excludes halogenated alkanes) is 6. The molecule has 0 bridgehead atoms. The zero-order valence-corrected chi connectivity index (χ0v) is 12.5. The van der Waals surface area contributed by atoms with Gasteiger partial charge in [-0.25, -0.2) is 0 Å². The highest BCUT2D eigenvalue weighted by Crippen LogP contribution is 2.14. The highest BCUT2D eigenvalue weighted by Gasteiger charge is 2.00. The Bertz CT molecular complexity index is 443. The summed E-state index contributed by atoms with van der Waals surface area (Å²) in [5, 5.41) is 8.69. The average Bonchev–Trinajstić information content (AvgIpc) is 2.47. The summed E-state index contributed by atoms with van der Waals surface area (Å²) in [6.07, 6.45) is 13.2. The molecule has 0 amide bonds. The monoisotopic (exact) mass is 288 g/mol. The molecule has 0 saturated carbocycles. The molecule has 0 aliphatic heterocycles. The van der Waals surface area contributed by atoms with Gasteiger partial charge in [-0.1, -0.05) is 37.8 Å². The Kier molecular flexibility index (Phi) is 8.79. The molecule has 1 aromatic carbocycles. The van der Waals surface area contributed by atoms with E-state index in [1.54, 1.807) is 12.1 Å². The van der Waals surface area contributed by atoms with Crippen molar-refractivity contribution in [3.8, 4) is 18.1 Å². The number of aliphatic carboxylic acids is 1. The fourth-order valence-corrected chi connectivity index (χ4v) is 2.10. The van der Waals surface area contributed by atoms with Crippen LogP contribution >= 0.6 is 0 Å². The van der Waals surface area contributed by atoms with Crippen molar-refractivity contribution in [2.45, 2.75) is 51.4 Å². The molecule has 21 heavy (non-hydrogen) atoms. The minimum Gasteiger partial charge on any atom is -0.494 e. The van der Waals surface area contributed by atoms with Crippen molar-refractivity contribution >= 4 is 5.97 Å². The second-order valence-electron chi connectivity index (χ2n) is 5.14. The van der Waals surface area contributed by atoms with Crippen LogP contribution in [0.4, 0.5) is 0 Å². The zero-order chi connectivity index (χ0) is 15.3. The zero-order valence-electron chi connectivity index (χ0n) is 12.5. The van der Waals surface area contributed by atoms with Crippen molar-refractivity contribution < 1.29 is 14.6 Å². The van der Waals surface area contributed by atoms with Gasteiger partial charge in [0, 0.05) is 6.42 Å². The molecule has 1 aromatic rings. The molecular formula is C18H24O3. The van der Waals surface area contributed by atoms with Gasteiger partial charge >= 0.3 is 5.97 Å². The Morgan fingerprint density at radius 3 is 2.29 bits per heavy atom. The van der Waals surface area contributed by atoms with Gasteiger partial charge < -0.3 is 9.84 Å². The Morgan fingerprint density at radius 2 is 1.67 bits per heavy atom. The molecular weight excluding hydrogens is 264 g/mol. The minimum atomic E-state index is -0.814. The maximum Gasteiger partial charge on any atom is 0.307 e. The van der Waals surface area contributed by atoms with Gasteiger partial charge in [-0.15, -0.1) is 12.3 Å². The Hall–Kier alpha value is -1.95. The summed E-state index contributed by atoms with van der Waals surface area (Å²) < 4.78 is 5.64. The van der Waals surface area contributed by atoms with E-state index in [-0.39, 0.29) is 6.42 Å². The Morgan fingerprint density at radius 1 is 1.05 bits per heavy atom. The second kappa shape index (κ2) is 10.8. The van der Waals surface area contributed by atoms with Crippen molar-refractivity contribution in [1.82, 2.24) is 0 Å². The van der Waals surface area contributed by atoms with Gasteiger partial charge in [0.05, 0.1) is 13.0 Å². The van der Waals surface area contributed by atoms with Gasteiger partial charge in [0.25, 0.3) is 0 Å². The predicted octanol–water partition coefficient (Wildman–Crippen LogP) is 4.06. The maximum atomic E-state index is 10.6. The van der Waals surface area contributed by atoms with Gasteiger partial charge in [0.1, 0.15) is 5.75 Å². The first kappa shape index (κ1) is 17.1. The third-order valence-corrected chi connectivity index (χ3v) is 3.26. The molecule has 0 saturated heterocycles. The van der Waals surface area contributed by atoms with Crippen molar-refractivity contribution in [2.75, 3.05) is 6.61 Å². The molecule has 1 N–H and O–H groups in total. The Labute approximate surface area is 127 Å². The van der Waals surface area contributed by atoms with E-state index in [1.165, 1.54) is 25.7 Å². The van der Waals surface area contributed by atoms with Crippen molar-refractivity contribution in [3.05, 3.63) is 29.8 Å². The molecule has 0 heterocycles. The van der Waals surface area contributed by atoms with Crippen molar-refractivity contribution in [3.63, 3.8) is 0 Å². The van der Waals surface area contributed by atoms with Crippen LogP contribution in [0, 0.1) is 12.3 Å². The van der Waals surface area contributed by atoms with Crippen LogP contribution in [0.25, 0.3) is 0 Å². The van der Waals surface area contributed by atoms with Gasteiger partial charge in [0.15, 0.2) is 0 Å². The maximum absolute atomic E-state index is 10.6. The average molecular weight is 288 g/mol. The smallest absolute Gasteiger partial charge is 0.307 e. The van der Waals surface area contributed by atoms with Crippen LogP contribution in [-0.4, -0.2) is 17.7 Å². The molecule has 3 heteroatoms. The number of rotatable bonds is 11. The van der Waals surface area contributed by atoms with E-state index >= 15 is 0 Å². The minimum absolute atomic E-state index is 0.0555. The van der Waals surface area contributed by atoms with E-state index in [0.29, 0.717) is 6.61 Å². The SMILES string of the molecule is C#CCCCCCCCCOc1ccc(CC(=O)O)cc1. The summed E-state index contributed by atoms with van der Waals surface area (Å²) in [5.74, 6) is 2.65. The van der Waals surface area contributed by atoms with Gasteiger partial charge in [-0.2, -0.15) is 0 Å². The molecule has 3 nitrogen and oxygen atoms in total. The lowest BCUT2D eigenvalue weighted by Crippen LogP contribution is -2.00. The highest BCUT2D eigenvalue weighted by atomic mass is 16.5. The van der Waals surface area contributed by atoms with Gasteiger partial charge in [-0.05, 0) is 30.5 Å². The first-order chi connectivity index (χ1) is 10.2. The van der Waals surface area contributed by atoms with Crippen LogP contribution in [0.2, 0.25) is 0 Å². The summed E-state index contributed by atoms with van der Waals surface area (Å²) in [5.41, 5.74) is 0.793. The summed E-state index contributed by atoms with van der Waals surface area (Å²) >= 11 is 0. The number of carboxylic acids is 1. The molecule has 114 valence electrons. The van der Waals surface area contributed by atoms with Crippen LogP contribution in [0.15, 0.2) is 24.3 Å². The number of hydrogen-bond acceptors (Lipinski definition) is 2. The largest absolute Gasteiger partial charge is 0.494 e. The van der Waals surface area contributed by atoms with E-state index in [1.807, 2.05) is 12.1 Å². The molecule has 0 radical (unpaired) electrons. The van der Waals surface area contributed by atoms with Crippen molar-refractivity contribution in [2.24, 2.45) is 0 Å². The van der Waals surface area contributed by atoms with Crippen LogP contribution in [-0.2, 0) is 11.2 Å². The normalized spacial score (nSPS) is 10.0. The van der Waals surface area contributed by atoms with E-state index in [4.69, 9.17) is 16.3 Å². The quantitative estimate of drug-likeness (QED) is 0.493. The number of ether oxygens (including phenoxy) is 1. The number of terminal acetylenes is 1. The van der Waals surface area contributed by atoms with Gasteiger partial charge in [-0.3, -0.25) is 4.79 Å². The van der Waals surface area contributed by atoms with E-state index in [9.17, 15) is 4.79 Å². The second-order valence-corrected chi connectivity index (χ2v) is 5.14. The molecule has 0 atom stereocenters. The fraction of sp³-hybridized carbons (Fsp3) is 0.500. The molecule has 0 aromatic heterocycles. The molecule has 0 fully saturated rings. The van der Waals surface area contributed by atoms with Crippen LogP contribution in [0.1, 0.15) is 50.5 Å². The number of benzene rings is 1. The molecule has 0 aliphatic rings.